The van der Waals surface area contributed by atoms with E-state index in [0.717, 1.165) is 22.3 Å². The average Bonchev–Trinajstić information content (AvgIpc) is 2.91. The van der Waals surface area contributed by atoms with Crippen LogP contribution in [0, 0.1) is 11.8 Å². The lowest BCUT2D eigenvalue weighted by atomic mass is 9.64. The maximum absolute atomic E-state index is 14.4. The minimum atomic E-state index is -0.209. The Balaban J connectivity index is 1.52. The number of hydrogen-bond acceptors (Lipinski definition) is 5. The molecule has 0 radical (unpaired) electrons. The fraction of sp³-hybridized carbons (Fsp3) is 0.222. The van der Waals surface area contributed by atoms with Gasteiger partial charge in [-0.25, -0.2) is 0 Å². The smallest absolute Gasteiger partial charge is 0.164 e. The fourth-order valence-corrected chi connectivity index (χ4v) is 5.87. The largest absolute Gasteiger partial charge is 0.332 e. The number of quaternary nitrogens is 2. The van der Waals surface area contributed by atoms with E-state index in [1.165, 1.54) is 0 Å². The molecule has 4 aromatic rings. The van der Waals surface area contributed by atoms with Crippen molar-refractivity contribution in [3.8, 4) is 0 Å². The van der Waals surface area contributed by atoms with Gasteiger partial charge in [0.1, 0.15) is 36.0 Å². The van der Waals surface area contributed by atoms with Crippen molar-refractivity contribution >= 4 is 5.78 Å². The molecule has 0 aliphatic carbocycles. The van der Waals surface area contributed by atoms with Crippen LogP contribution in [0.5, 0.6) is 0 Å². The highest BCUT2D eigenvalue weighted by atomic mass is 16.1. The average molecular weight is 451 g/mol. The van der Waals surface area contributed by atoms with Crippen LogP contribution >= 0.6 is 0 Å². The SMILES string of the molecule is O=C1C2[C@@H](c3cccnc3)[NH2+][C@H](c3cccnc3)C1[C@H](c1cccnc1)[NH2+][C@H]2c1cccnc1. The summed E-state index contributed by atoms with van der Waals surface area (Å²) in [5.41, 5.74) is 4.26. The van der Waals surface area contributed by atoms with Gasteiger partial charge in [0.15, 0.2) is 5.78 Å². The van der Waals surface area contributed by atoms with Gasteiger partial charge >= 0.3 is 0 Å². The van der Waals surface area contributed by atoms with Gasteiger partial charge in [-0.05, 0) is 48.5 Å². The molecule has 168 valence electrons. The molecule has 6 heterocycles. The van der Waals surface area contributed by atoms with E-state index in [1.54, 1.807) is 24.8 Å². The number of nitrogens with two attached hydrogens (primary N) is 2. The molecule has 2 aliphatic rings. The maximum atomic E-state index is 14.4. The third-order valence-electron chi connectivity index (χ3n) is 7.31. The first-order valence-electron chi connectivity index (χ1n) is 11.6. The van der Waals surface area contributed by atoms with Crippen LogP contribution in [0.25, 0.3) is 0 Å². The van der Waals surface area contributed by atoms with Crippen LogP contribution in [-0.4, -0.2) is 25.7 Å². The molecule has 4 aromatic heterocycles. The number of carbonyl (C=O) groups excluding carboxylic acids is 1. The predicted octanol–water partition coefficient (Wildman–Crippen LogP) is 1.49. The number of piperidine rings is 2. The Bertz CT molecular complexity index is 1070. The molecular formula is C27H26N6O+2. The number of ketones is 1. The molecular weight excluding hydrogens is 424 g/mol. The first-order valence-corrected chi connectivity index (χ1v) is 11.6. The van der Waals surface area contributed by atoms with Crippen LogP contribution in [-0.2, 0) is 4.79 Å². The van der Waals surface area contributed by atoms with Gasteiger partial charge < -0.3 is 10.6 Å². The van der Waals surface area contributed by atoms with Gasteiger partial charge in [-0.1, -0.05) is 0 Å². The molecule has 2 aliphatic heterocycles. The third-order valence-corrected chi connectivity index (χ3v) is 7.31. The summed E-state index contributed by atoms with van der Waals surface area (Å²) in [4.78, 5) is 31.9. The minimum Gasteiger partial charge on any atom is -0.332 e. The van der Waals surface area contributed by atoms with E-state index in [-0.39, 0.29) is 41.8 Å². The zero-order chi connectivity index (χ0) is 22.9. The minimum absolute atomic E-state index is 0.0565. The Labute approximate surface area is 197 Å². The second kappa shape index (κ2) is 8.85. The second-order valence-electron chi connectivity index (χ2n) is 9.09. The molecule has 2 unspecified atom stereocenters. The summed E-state index contributed by atoms with van der Waals surface area (Å²) in [5.74, 6) is -0.131. The normalized spacial score (nSPS) is 28.4. The van der Waals surface area contributed by atoms with Crippen molar-refractivity contribution in [2.24, 2.45) is 11.8 Å². The quantitative estimate of drug-likeness (QED) is 0.491. The lowest BCUT2D eigenvalue weighted by Crippen LogP contribution is -3.02. The van der Waals surface area contributed by atoms with Gasteiger partial charge in [-0.2, -0.15) is 0 Å². The predicted molar refractivity (Wildman–Crippen MR) is 124 cm³/mol. The second-order valence-corrected chi connectivity index (χ2v) is 9.09. The molecule has 0 aromatic carbocycles. The maximum Gasteiger partial charge on any atom is 0.164 e. The third kappa shape index (κ3) is 3.59. The summed E-state index contributed by atoms with van der Waals surface area (Å²) < 4.78 is 0. The van der Waals surface area contributed by atoms with Crippen molar-refractivity contribution < 1.29 is 15.4 Å². The Morgan fingerprint density at radius 2 is 0.794 bits per heavy atom. The number of aromatic nitrogens is 4. The highest BCUT2D eigenvalue weighted by Gasteiger charge is 2.60. The van der Waals surface area contributed by atoms with Crippen LogP contribution in [0.1, 0.15) is 46.4 Å². The zero-order valence-electron chi connectivity index (χ0n) is 18.6. The number of nitrogens with zero attached hydrogens (tertiary/aromatic N) is 4. The van der Waals surface area contributed by atoms with Crippen molar-refractivity contribution in [3.63, 3.8) is 0 Å². The van der Waals surface area contributed by atoms with Gasteiger partial charge in [0.2, 0.25) is 0 Å². The summed E-state index contributed by atoms with van der Waals surface area (Å²) >= 11 is 0. The molecule has 7 nitrogen and oxygen atoms in total. The molecule has 0 amide bonds. The highest BCUT2D eigenvalue weighted by Crippen LogP contribution is 2.44. The summed E-state index contributed by atoms with van der Waals surface area (Å²) in [6.45, 7) is 0. The van der Waals surface area contributed by atoms with Gasteiger partial charge in [-0.15, -0.1) is 0 Å². The molecule has 7 heteroatoms. The number of rotatable bonds is 4. The zero-order valence-corrected chi connectivity index (χ0v) is 18.6. The lowest BCUT2D eigenvalue weighted by molar-refractivity contribution is -0.815. The van der Waals surface area contributed by atoms with Crippen molar-refractivity contribution in [1.29, 1.82) is 0 Å². The Kier molecular flexibility index (Phi) is 5.41. The first-order chi connectivity index (χ1) is 16.8. The molecule has 34 heavy (non-hydrogen) atoms. The van der Waals surface area contributed by atoms with Crippen LogP contribution in [0.4, 0.5) is 0 Å². The Morgan fingerprint density at radius 1 is 0.500 bits per heavy atom. The summed E-state index contributed by atoms with van der Waals surface area (Å²) in [6.07, 6.45) is 14.7. The highest BCUT2D eigenvalue weighted by molar-refractivity contribution is 5.87. The van der Waals surface area contributed by atoms with E-state index in [0.29, 0.717) is 0 Å². The summed E-state index contributed by atoms with van der Waals surface area (Å²) in [5, 5.41) is 4.73. The summed E-state index contributed by atoms with van der Waals surface area (Å²) in [7, 11) is 0. The van der Waals surface area contributed by atoms with Gasteiger partial charge in [0.25, 0.3) is 0 Å². The van der Waals surface area contributed by atoms with Gasteiger partial charge in [0, 0.05) is 71.8 Å². The van der Waals surface area contributed by atoms with Crippen molar-refractivity contribution in [3.05, 3.63) is 120 Å². The number of hydrogen-bond donors (Lipinski definition) is 2. The van der Waals surface area contributed by atoms with Gasteiger partial charge in [-0.3, -0.25) is 24.7 Å². The lowest BCUT2D eigenvalue weighted by Gasteiger charge is -2.47. The molecule has 6 rings (SSSR count). The van der Waals surface area contributed by atoms with Crippen molar-refractivity contribution in [2.45, 2.75) is 24.2 Å². The van der Waals surface area contributed by atoms with Crippen LogP contribution in [0.3, 0.4) is 0 Å². The number of fused-ring (bicyclic) bond motifs is 2. The Morgan fingerprint density at radius 3 is 1.03 bits per heavy atom. The number of carbonyl (C=O) groups is 1. The van der Waals surface area contributed by atoms with Crippen molar-refractivity contribution in [2.75, 3.05) is 0 Å². The molecule has 2 bridgehead atoms. The molecule has 4 N–H and O–H groups in total. The monoisotopic (exact) mass is 450 g/mol. The van der Waals surface area contributed by atoms with Crippen LogP contribution in [0.2, 0.25) is 0 Å². The fourth-order valence-electron chi connectivity index (χ4n) is 5.87. The molecule has 2 saturated heterocycles. The van der Waals surface area contributed by atoms with E-state index in [2.05, 4.69) is 54.8 Å². The molecule has 0 saturated carbocycles. The molecule has 0 spiro atoms. The summed E-state index contributed by atoms with van der Waals surface area (Å²) in [6, 6.07) is 15.9. The van der Waals surface area contributed by atoms with Crippen LogP contribution in [0.15, 0.2) is 98.1 Å². The van der Waals surface area contributed by atoms with E-state index in [9.17, 15) is 4.79 Å². The van der Waals surface area contributed by atoms with Gasteiger partial charge in [0.05, 0.1) is 0 Å². The van der Waals surface area contributed by atoms with Crippen molar-refractivity contribution in [1.82, 2.24) is 19.9 Å². The topological polar surface area (TPSA) is 102 Å². The van der Waals surface area contributed by atoms with E-state index < -0.39 is 0 Å². The standard InChI is InChI=1S/C27H24N6O/c34-27-21-23(17-5-1-9-28-13-17)32-25(19-7-3-11-30-15-19)22(27)26(20-8-4-12-31-16-20)33-24(21)18-6-2-10-29-14-18/h1-16,21-26,32-33H/p+2/t21?,22?,23-,24+,25-,26+. The van der Waals surface area contributed by atoms with E-state index in [4.69, 9.17) is 0 Å². The molecule has 6 atom stereocenters. The first kappa shape index (κ1) is 20.8. The Hall–Kier alpha value is -3.81. The van der Waals surface area contributed by atoms with E-state index >= 15 is 0 Å². The van der Waals surface area contributed by atoms with E-state index in [1.807, 2.05) is 49.1 Å². The number of pyridine rings is 4. The molecule has 2 fully saturated rings. The number of Topliss-reactive ketones (excluding diaryl/α,β-unsaturated/α-hetero) is 1. The van der Waals surface area contributed by atoms with Crippen LogP contribution < -0.4 is 10.6 Å².